The van der Waals surface area contributed by atoms with E-state index < -0.39 is 28.2 Å². The Bertz CT molecular complexity index is 1850. The SMILES string of the molecule is CC1(C)OB(c2ccc3c(c2)S(=O)(=O)c2cc(-c4cccc5oc6ccccc6c45)ccc2-3)OC1(C)C. The van der Waals surface area contributed by atoms with Gasteiger partial charge < -0.3 is 13.7 Å². The van der Waals surface area contributed by atoms with Gasteiger partial charge in [-0.1, -0.05) is 54.6 Å². The van der Waals surface area contributed by atoms with Gasteiger partial charge in [0.2, 0.25) is 9.84 Å². The Morgan fingerprint density at radius 2 is 1.32 bits per heavy atom. The molecule has 0 aliphatic carbocycles. The third-order valence-corrected chi connectivity index (χ3v) is 9.93. The summed E-state index contributed by atoms with van der Waals surface area (Å²) in [6, 6.07) is 24.9. The molecule has 2 aliphatic rings. The van der Waals surface area contributed by atoms with Gasteiger partial charge in [-0.3, -0.25) is 0 Å². The molecule has 0 spiro atoms. The zero-order valence-electron chi connectivity index (χ0n) is 21.0. The first-order valence-corrected chi connectivity index (χ1v) is 13.8. The minimum absolute atomic E-state index is 0.291. The quantitative estimate of drug-likeness (QED) is 0.255. The Labute approximate surface area is 216 Å². The number of fused-ring (bicyclic) bond motifs is 6. The highest BCUT2D eigenvalue weighted by molar-refractivity contribution is 7.92. The fraction of sp³-hybridized carbons (Fsp3) is 0.200. The molecule has 4 aromatic carbocycles. The van der Waals surface area contributed by atoms with Crippen molar-refractivity contribution in [2.24, 2.45) is 0 Å². The Balaban J connectivity index is 1.35. The first-order chi connectivity index (χ1) is 17.6. The van der Waals surface area contributed by atoms with Crippen LogP contribution in [0.3, 0.4) is 0 Å². The summed E-state index contributed by atoms with van der Waals surface area (Å²) in [6.45, 7) is 7.94. The third-order valence-electron chi connectivity index (χ3n) is 8.10. The van der Waals surface area contributed by atoms with Crippen molar-refractivity contribution in [2.75, 3.05) is 0 Å². The maximum absolute atomic E-state index is 13.8. The summed E-state index contributed by atoms with van der Waals surface area (Å²) in [6.07, 6.45) is 0. The molecule has 37 heavy (non-hydrogen) atoms. The molecule has 5 aromatic rings. The smallest absolute Gasteiger partial charge is 0.456 e. The molecule has 0 bridgehead atoms. The molecule has 7 rings (SSSR count). The minimum Gasteiger partial charge on any atom is -0.456 e. The van der Waals surface area contributed by atoms with Gasteiger partial charge >= 0.3 is 7.12 Å². The van der Waals surface area contributed by atoms with Crippen LogP contribution in [0.25, 0.3) is 44.2 Å². The third kappa shape index (κ3) is 3.14. The molecule has 2 aliphatic heterocycles. The molecule has 1 aromatic heterocycles. The summed E-state index contributed by atoms with van der Waals surface area (Å²) in [5.74, 6) is 0. The van der Waals surface area contributed by atoms with Crippen molar-refractivity contribution in [2.45, 2.75) is 48.7 Å². The highest BCUT2D eigenvalue weighted by Gasteiger charge is 2.52. The standard InChI is InChI=1S/C30H25BO5S/c1-29(2)30(3,4)36-31(35-29)19-13-15-22-21-14-12-18(16-26(21)37(32,33)27(22)17-19)20-9-7-11-25-28(20)23-8-5-6-10-24(23)34-25/h5-17H,1-4H3. The molecule has 0 N–H and O–H groups in total. The summed E-state index contributed by atoms with van der Waals surface area (Å²) in [7, 11) is -4.35. The number of benzene rings is 4. The van der Waals surface area contributed by atoms with Gasteiger partial charge in [-0.15, -0.1) is 0 Å². The topological polar surface area (TPSA) is 65.7 Å². The van der Waals surface area contributed by atoms with Crippen LogP contribution in [-0.4, -0.2) is 26.7 Å². The number of hydrogen-bond acceptors (Lipinski definition) is 5. The van der Waals surface area contributed by atoms with E-state index in [9.17, 15) is 8.42 Å². The monoisotopic (exact) mass is 508 g/mol. The van der Waals surface area contributed by atoms with Crippen LogP contribution in [0.4, 0.5) is 0 Å². The summed E-state index contributed by atoms with van der Waals surface area (Å²) >= 11 is 0. The van der Waals surface area contributed by atoms with Crippen LogP contribution in [0.15, 0.2) is 93.1 Å². The number of rotatable bonds is 2. The van der Waals surface area contributed by atoms with E-state index in [4.69, 9.17) is 13.7 Å². The first-order valence-electron chi connectivity index (χ1n) is 12.4. The van der Waals surface area contributed by atoms with Gasteiger partial charge in [0.1, 0.15) is 11.2 Å². The van der Waals surface area contributed by atoms with Gasteiger partial charge in [0.15, 0.2) is 0 Å². The molecule has 1 saturated heterocycles. The van der Waals surface area contributed by atoms with Gasteiger partial charge in [-0.2, -0.15) is 0 Å². The molecule has 5 nitrogen and oxygen atoms in total. The number of furan rings is 1. The zero-order chi connectivity index (χ0) is 25.7. The van der Waals surface area contributed by atoms with Crippen LogP contribution in [0.2, 0.25) is 0 Å². The molecule has 1 fully saturated rings. The van der Waals surface area contributed by atoms with Crippen molar-refractivity contribution in [3.8, 4) is 22.3 Å². The minimum atomic E-state index is -3.72. The molecule has 7 heteroatoms. The lowest BCUT2D eigenvalue weighted by Gasteiger charge is -2.32. The van der Waals surface area contributed by atoms with Gasteiger partial charge in [-0.25, -0.2) is 8.42 Å². The van der Waals surface area contributed by atoms with Crippen LogP contribution in [0, 0.1) is 0 Å². The van der Waals surface area contributed by atoms with Crippen LogP contribution < -0.4 is 5.46 Å². The van der Waals surface area contributed by atoms with Gasteiger partial charge in [0.25, 0.3) is 0 Å². The molecular formula is C30H25BO5S. The number of sulfone groups is 1. The first kappa shape index (κ1) is 22.8. The lowest BCUT2D eigenvalue weighted by molar-refractivity contribution is 0.00578. The second-order valence-corrected chi connectivity index (χ2v) is 12.7. The summed E-state index contributed by atoms with van der Waals surface area (Å²) in [5.41, 5.74) is 4.45. The largest absolute Gasteiger partial charge is 0.494 e. The van der Waals surface area contributed by atoms with E-state index >= 15 is 0 Å². The zero-order valence-corrected chi connectivity index (χ0v) is 21.8. The summed E-state index contributed by atoms with van der Waals surface area (Å²) in [5, 5.41) is 1.99. The fourth-order valence-electron chi connectivity index (χ4n) is 5.38. The van der Waals surface area contributed by atoms with Crippen molar-refractivity contribution in [3.05, 3.63) is 78.9 Å². The molecule has 3 heterocycles. The Morgan fingerprint density at radius 3 is 2.08 bits per heavy atom. The lowest BCUT2D eigenvalue weighted by Crippen LogP contribution is -2.41. The summed E-state index contributed by atoms with van der Waals surface area (Å²) < 4.78 is 46.0. The number of para-hydroxylation sites is 1. The maximum atomic E-state index is 13.8. The molecule has 184 valence electrons. The average molecular weight is 508 g/mol. The molecular weight excluding hydrogens is 483 g/mol. The highest BCUT2D eigenvalue weighted by atomic mass is 32.2. The Hall–Kier alpha value is -3.39. The molecule has 0 unspecified atom stereocenters. The van der Waals surface area contributed by atoms with Crippen LogP contribution >= 0.6 is 0 Å². The fourth-order valence-corrected chi connectivity index (χ4v) is 7.12. The van der Waals surface area contributed by atoms with Crippen molar-refractivity contribution in [1.82, 2.24) is 0 Å². The van der Waals surface area contributed by atoms with Crippen molar-refractivity contribution < 1.29 is 22.1 Å². The predicted octanol–water partition coefficient (Wildman–Crippen LogP) is 6.37. The van der Waals surface area contributed by atoms with Gasteiger partial charge in [-0.05, 0) is 68.6 Å². The van der Waals surface area contributed by atoms with E-state index in [0.29, 0.717) is 26.4 Å². The van der Waals surface area contributed by atoms with E-state index in [2.05, 4.69) is 0 Å². The van der Waals surface area contributed by atoms with Crippen LogP contribution in [0.5, 0.6) is 0 Å². The average Bonchev–Trinajstić information content (AvgIpc) is 3.43. The summed E-state index contributed by atoms with van der Waals surface area (Å²) in [4.78, 5) is 0.606. The second-order valence-electron chi connectivity index (χ2n) is 10.8. The van der Waals surface area contributed by atoms with Crippen molar-refractivity contribution >= 4 is 44.4 Å². The molecule has 0 radical (unpaired) electrons. The lowest BCUT2D eigenvalue weighted by atomic mass is 9.78. The van der Waals surface area contributed by atoms with Crippen molar-refractivity contribution in [1.29, 1.82) is 0 Å². The van der Waals surface area contributed by atoms with E-state index in [-0.39, 0.29) is 0 Å². The van der Waals surface area contributed by atoms with E-state index in [0.717, 1.165) is 33.1 Å². The van der Waals surface area contributed by atoms with E-state index in [1.54, 1.807) is 12.1 Å². The maximum Gasteiger partial charge on any atom is 0.494 e. The van der Waals surface area contributed by atoms with Crippen molar-refractivity contribution in [3.63, 3.8) is 0 Å². The Morgan fingerprint density at radius 1 is 0.676 bits per heavy atom. The van der Waals surface area contributed by atoms with E-state index in [1.165, 1.54) is 0 Å². The second kappa shape index (κ2) is 7.35. The highest BCUT2D eigenvalue weighted by Crippen LogP contribution is 2.46. The van der Waals surface area contributed by atoms with E-state index in [1.807, 2.05) is 94.4 Å². The van der Waals surface area contributed by atoms with Crippen LogP contribution in [0.1, 0.15) is 27.7 Å². The van der Waals surface area contributed by atoms with Gasteiger partial charge in [0, 0.05) is 21.9 Å². The molecule has 0 saturated carbocycles. The number of hydrogen-bond donors (Lipinski definition) is 0. The molecule has 0 atom stereocenters. The normalized spacial score (nSPS) is 18.9. The molecule has 0 amide bonds. The Kier molecular flexibility index (Phi) is 4.52. The van der Waals surface area contributed by atoms with Crippen LogP contribution in [-0.2, 0) is 19.1 Å². The predicted molar refractivity (Wildman–Crippen MR) is 146 cm³/mol. The van der Waals surface area contributed by atoms with Gasteiger partial charge in [0.05, 0.1) is 21.0 Å².